The van der Waals surface area contributed by atoms with E-state index in [1.165, 1.54) is 12.0 Å². The van der Waals surface area contributed by atoms with Crippen molar-refractivity contribution in [2.45, 2.75) is 6.92 Å². The number of nitrogens with one attached hydrogen (secondary N) is 1. The molecule has 0 saturated carbocycles. The molecule has 0 saturated heterocycles. The van der Waals surface area contributed by atoms with Crippen LogP contribution in [-0.2, 0) is 14.3 Å². The highest BCUT2D eigenvalue weighted by molar-refractivity contribution is 6.36. The normalized spacial score (nSPS) is 15.2. The first kappa shape index (κ1) is 19.8. The molecule has 2 amide bonds. The SMILES string of the molecule is CCOc1ccc(C2=C(Nc3ccc4c(c3)OCO4)C(=O)N(CCOC)C2=O)cc1. The van der Waals surface area contributed by atoms with E-state index in [1.54, 1.807) is 42.5 Å². The molecule has 0 unspecified atom stereocenters. The first-order valence-corrected chi connectivity index (χ1v) is 9.61. The zero-order valence-corrected chi connectivity index (χ0v) is 16.8. The number of fused-ring (bicyclic) bond motifs is 1. The van der Waals surface area contributed by atoms with E-state index in [9.17, 15) is 9.59 Å². The molecule has 2 aliphatic rings. The number of hydrogen-bond donors (Lipinski definition) is 1. The van der Waals surface area contributed by atoms with Gasteiger partial charge in [0.2, 0.25) is 6.79 Å². The zero-order valence-electron chi connectivity index (χ0n) is 16.8. The van der Waals surface area contributed by atoms with Gasteiger partial charge in [0.25, 0.3) is 11.8 Å². The van der Waals surface area contributed by atoms with Crippen molar-refractivity contribution in [3.8, 4) is 17.2 Å². The number of ether oxygens (including phenoxy) is 4. The fourth-order valence-electron chi connectivity index (χ4n) is 3.35. The Morgan fingerprint density at radius 1 is 1.03 bits per heavy atom. The Kier molecular flexibility index (Phi) is 5.58. The predicted octanol–water partition coefficient (Wildman–Crippen LogP) is 2.65. The molecule has 2 aromatic carbocycles. The highest BCUT2D eigenvalue weighted by atomic mass is 16.7. The van der Waals surface area contributed by atoms with Gasteiger partial charge in [-0.05, 0) is 36.8 Å². The van der Waals surface area contributed by atoms with Crippen LogP contribution < -0.4 is 19.5 Å². The van der Waals surface area contributed by atoms with Crippen LogP contribution >= 0.6 is 0 Å². The molecule has 4 rings (SSSR count). The third-order valence-electron chi connectivity index (χ3n) is 4.78. The number of carbonyl (C=O) groups is 2. The summed E-state index contributed by atoms with van der Waals surface area (Å²) in [4.78, 5) is 27.3. The van der Waals surface area contributed by atoms with E-state index in [-0.39, 0.29) is 31.5 Å². The summed E-state index contributed by atoms with van der Waals surface area (Å²) in [6.45, 7) is 3.02. The Morgan fingerprint density at radius 2 is 1.80 bits per heavy atom. The van der Waals surface area contributed by atoms with E-state index >= 15 is 0 Å². The molecule has 2 aromatic rings. The molecule has 0 aliphatic carbocycles. The van der Waals surface area contributed by atoms with Crippen molar-refractivity contribution in [3.63, 3.8) is 0 Å². The lowest BCUT2D eigenvalue weighted by atomic mass is 10.0. The Hall–Kier alpha value is -3.52. The predicted molar refractivity (Wildman–Crippen MR) is 109 cm³/mol. The van der Waals surface area contributed by atoms with E-state index in [4.69, 9.17) is 18.9 Å². The zero-order chi connectivity index (χ0) is 21.1. The second-order valence-corrected chi connectivity index (χ2v) is 6.66. The summed E-state index contributed by atoms with van der Waals surface area (Å²) in [6, 6.07) is 12.4. The standard InChI is InChI=1S/C22H22N2O6/c1-3-28-16-7-4-14(5-8-16)19-20(22(26)24(21(19)25)10-11-27-2)23-15-6-9-17-18(12-15)30-13-29-17/h4-9,12,23H,3,10-11,13H2,1-2H3. The number of amides is 2. The lowest BCUT2D eigenvalue weighted by molar-refractivity contribution is -0.137. The van der Waals surface area contributed by atoms with E-state index in [1.807, 2.05) is 6.92 Å². The Morgan fingerprint density at radius 3 is 2.53 bits per heavy atom. The van der Waals surface area contributed by atoms with Gasteiger partial charge in [-0.15, -0.1) is 0 Å². The van der Waals surface area contributed by atoms with Crippen LogP contribution in [0.25, 0.3) is 5.57 Å². The molecular weight excluding hydrogens is 388 g/mol. The summed E-state index contributed by atoms with van der Waals surface area (Å²) in [5.41, 5.74) is 1.75. The molecular formula is C22H22N2O6. The monoisotopic (exact) mass is 410 g/mol. The summed E-state index contributed by atoms with van der Waals surface area (Å²) in [5.74, 6) is 1.14. The minimum absolute atomic E-state index is 0.154. The molecule has 0 aromatic heterocycles. The lowest BCUT2D eigenvalue weighted by Gasteiger charge is -2.14. The minimum Gasteiger partial charge on any atom is -0.494 e. The first-order chi connectivity index (χ1) is 14.6. The summed E-state index contributed by atoms with van der Waals surface area (Å²) in [6.07, 6.45) is 0. The second kappa shape index (κ2) is 8.46. The third-order valence-corrected chi connectivity index (χ3v) is 4.78. The van der Waals surface area contributed by atoms with Gasteiger partial charge in [0, 0.05) is 18.9 Å². The summed E-state index contributed by atoms with van der Waals surface area (Å²) >= 11 is 0. The number of benzene rings is 2. The van der Waals surface area contributed by atoms with Crippen molar-refractivity contribution in [2.24, 2.45) is 0 Å². The molecule has 0 spiro atoms. The van der Waals surface area contributed by atoms with Crippen molar-refractivity contribution in [1.29, 1.82) is 0 Å². The molecule has 0 bridgehead atoms. The van der Waals surface area contributed by atoms with Crippen molar-refractivity contribution in [1.82, 2.24) is 4.90 Å². The van der Waals surface area contributed by atoms with E-state index in [0.717, 1.165) is 0 Å². The maximum atomic E-state index is 13.1. The number of methoxy groups -OCH3 is 1. The van der Waals surface area contributed by atoms with Crippen LogP contribution in [0.5, 0.6) is 17.2 Å². The highest BCUT2D eigenvalue weighted by Gasteiger charge is 2.39. The van der Waals surface area contributed by atoms with Crippen LogP contribution in [0.1, 0.15) is 12.5 Å². The first-order valence-electron chi connectivity index (χ1n) is 9.61. The molecule has 0 radical (unpaired) electrons. The summed E-state index contributed by atoms with van der Waals surface area (Å²) in [7, 11) is 1.53. The molecule has 0 atom stereocenters. The van der Waals surface area contributed by atoms with Gasteiger partial charge in [0.1, 0.15) is 11.4 Å². The van der Waals surface area contributed by atoms with Crippen LogP contribution in [0.2, 0.25) is 0 Å². The second-order valence-electron chi connectivity index (χ2n) is 6.66. The number of rotatable bonds is 8. The molecule has 1 N–H and O–H groups in total. The molecule has 30 heavy (non-hydrogen) atoms. The molecule has 8 nitrogen and oxygen atoms in total. The maximum absolute atomic E-state index is 13.1. The van der Waals surface area contributed by atoms with E-state index < -0.39 is 5.91 Å². The van der Waals surface area contributed by atoms with Crippen LogP contribution in [0, 0.1) is 0 Å². The number of imide groups is 1. The molecule has 156 valence electrons. The van der Waals surface area contributed by atoms with E-state index in [0.29, 0.717) is 40.7 Å². The Bertz CT molecular complexity index is 999. The van der Waals surface area contributed by atoms with Crippen LogP contribution in [-0.4, -0.2) is 50.4 Å². The maximum Gasteiger partial charge on any atom is 0.278 e. The van der Waals surface area contributed by atoms with Crippen LogP contribution in [0.15, 0.2) is 48.2 Å². The van der Waals surface area contributed by atoms with Gasteiger partial charge in [-0.1, -0.05) is 12.1 Å². The van der Waals surface area contributed by atoms with Crippen molar-refractivity contribution in [3.05, 3.63) is 53.7 Å². The van der Waals surface area contributed by atoms with Gasteiger partial charge in [-0.3, -0.25) is 14.5 Å². The molecule has 2 heterocycles. The lowest BCUT2D eigenvalue weighted by Crippen LogP contribution is -2.35. The Labute approximate surface area is 174 Å². The quantitative estimate of drug-likeness (QED) is 0.670. The highest BCUT2D eigenvalue weighted by Crippen LogP contribution is 2.36. The number of hydrogen-bond acceptors (Lipinski definition) is 7. The molecule has 8 heteroatoms. The number of carbonyl (C=O) groups excluding carboxylic acids is 2. The van der Waals surface area contributed by atoms with Crippen LogP contribution in [0.3, 0.4) is 0 Å². The smallest absolute Gasteiger partial charge is 0.278 e. The summed E-state index contributed by atoms with van der Waals surface area (Å²) < 4.78 is 21.3. The topological polar surface area (TPSA) is 86.3 Å². The van der Waals surface area contributed by atoms with Gasteiger partial charge < -0.3 is 24.3 Å². The largest absolute Gasteiger partial charge is 0.494 e. The van der Waals surface area contributed by atoms with Crippen LogP contribution in [0.4, 0.5) is 5.69 Å². The fraction of sp³-hybridized carbons (Fsp3) is 0.273. The number of anilines is 1. The van der Waals surface area contributed by atoms with Crippen molar-refractivity contribution >= 4 is 23.1 Å². The minimum atomic E-state index is -0.404. The van der Waals surface area contributed by atoms with Gasteiger partial charge >= 0.3 is 0 Å². The van der Waals surface area contributed by atoms with Gasteiger partial charge in [0.05, 0.1) is 25.3 Å². The van der Waals surface area contributed by atoms with Gasteiger partial charge in [-0.2, -0.15) is 0 Å². The van der Waals surface area contributed by atoms with Gasteiger partial charge in [0.15, 0.2) is 11.5 Å². The fourth-order valence-corrected chi connectivity index (χ4v) is 3.35. The summed E-state index contributed by atoms with van der Waals surface area (Å²) in [5, 5.41) is 3.11. The third kappa shape index (κ3) is 3.69. The van der Waals surface area contributed by atoms with Crippen molar-refractivity contribution < 1.29 is 28.5 Å². The van der Waals surface area contributed by atoms with Crippen molar-refractivity contribution in [2.75, 3.05) is 39.0 Å². The number of nitrogens with zero attached hydrogens (tertiary/aromatic N) is 1. The van der Waals surface area contributed by atoms with Gasteiger partial charge in [-0.25, -0.2) is 0 Å². The van der Waals surface area contributed by atoms with E-state index in [2.05, 4.69) is 5.32 Å². The molecule has 0 fully saturated rings. The average Bonchev–Trinajstić information content (AvgIpc) is 3.30. The Balaban J connectivity index is 1.70. The average molecular weight is 410 g/mol. The molecule has 2 aliphatic heterocycles.